The first kappa shape index (κ1) is 11.7. The second-order valence-electron chi connectivity index (χ2n) is 4.37. The van der Waals surface area contributed by atoms with E-state index >= 15 is 0 Å². The number of aryl methyl sites for hydroxylation is 1. The molecule has 5 heteroatoms. The Hall–Kier alpha value is -1.33. The molecule has 0 aromatic carbocycles. The van der Waals surface area contributed by atoms with Gasteiger partial charge in [0.05, 0.1) is 19.1 Å². The molecular weight excluding hydrogens is 262 g/mol. The maximum absolute atomic E-state index is 6.02. The Morgan fingerprint density at radius 3 is 3.00 bits per heavy atom. The molecule has 3 heterocycles. The van der Waals surface area contributed by atoms with Crippen LogP contribution in [0.4, 0.5) is 0 Å². The molecule has 18 heavy (non-hydrogen) atoms. The number of aliphatic imine (C=N–C) groups is 1. The van der Waals surface area contributed by atoms with Gasteiger partial charge in [0.2, 0.25) is 0 Å². The quantitative estimate of drug-likeness (QED) is 0.937. The maximum atomic E-state index is 6.02. The predicted molar refractivity (Wildman–Crippen MR) is 78.1 cm³/mol. The van der Waals surface area contributed by atoms with Gasteiger partial charge in [0, 0.05) is 14.6 Å². The second kappa shape index (κ2) is 4.74. The van der Waals surface area contributed by atoms with E-state index in [-0.39, 0.29) is 0 Å². The van der Waals surface area contributed by atoms with Crippen LogP contribution in [0, 0.1) is 6.92 Å². The van der Waals surface area contributed by atoms with Gasteiger partial charge in [0.15, 0.2) is 5.96 Å². The summed E-state index contributed by atoms with van der Waals surface area (Å²) in [4.78, 5) is 10.6. The summed E-state index contributed by atoms with van der Waals surface area (Å²) in [6.45, 7) is 3.77. The SMILES string of the molecule is Cc1ccc(C2CN=C(N)N2Cc2cccs2)s1. The van der Waals surface area contributed by atoms with Crippen molar-refractivity contribution in [3.63, 3.8) is 0 Å². The standard InChI is InChI=1S/C13H15N3S2/c1-9-4-5-12(18-9)11-7-15-13(14)16(11)8-10-3-2-6-17-10/h2-6,11H,7-8H2,1H3,(H2,14,15). The predicted octanol–water partition coefficient (Wildman–Crippen LogP) is 2.99. The van der Waals surface area contributed by atoms with Crippen LogP contribution in [0.15, 0.2) is 34.6 Å². The average Bonchev–Trinajstić information content (AvgIpc) is 3.04. The Kier molecular flexibility index (Phi) is 3.09. The fourth-order valence-corrected chi connectivity index (χ4v) is 3.85. The summed E-state index contributed by atoms with van der Waals surface area (Å²) in [6.07, 6.45) is 0. The van der Waals surface area contributed by atoms with Crippen LogP contribution in [0.2, 0.25) is 0 Å². The lowest BCUT2D eigenvalue weighted by Gasteiger charge is -2.24. The first-order chi connectivity index (χ1) is 8.74. The highest BCUT2D eigenvalue weighted by atomic mass is 32.1. The van der Waals surface area contributed by atoms with Crippen LogP contribution in [0.3, 0.4) is 0 Å². The van der Waals surface area contributed by atoms with Crippen LogP contribution in [-0.2, 0) is 6.54 Å². The van der Waals surface area contributed by atoms with Crippen molar-refractivity contribution in [1.29, 1.82) is 0 Å². The summed E-state index contributed by atoms with van der Waals surface area (Å²) in [5.74, 6) is 0.666. The van der Waals surface area contributed by atoms with E-state index in [1.165, 1.54) is 14.6 Å². The molecule has 2 aromatic rings. The number of hydrogen-bond acceptors (Lipinski definition) is 5. The monoisotopic (exact) mass is 277 g/mol. The van der Waals surface area contributed by atoms with Crippen LogP contribution in [0.5, 0.6) is 0 Å². The molecule has 1 aliphatic heterocycles. The summed E-state index contributed by atoms with van der Waals surface area (Å²) < 4.78 is 0. The molecule has 0 saturated heterocycles. The van der Waals surface area contributed by atoms with Crippen LogP contribution >= 0.6 is 22.7 Å². The third kappa shape index (κ3) is 2.15. The zero-order valence-electron chi connectivity index (χ0n) is 10.2. The number of nitrogens with zero attached hydrogens (tertiary/aromatic N) is 2. The Balaban J connectivity index is 1.83. The zero-order valence-corrected chi connectivity index (χ0v) is 11.8. The molecular formula is C13H15N3S2. The lowest BCUT2D eigenvalue weighted by molar-refractivity contribution is 0.347. The third-order valence-corrected chi connectivity index (χ3v) is 5.06. The molecule has 0 amide bonds. The topological polar surface area (TPSA) is 41.6 Å². The highest BCUT2D eigenvalue weighted by Gasteiger charge is 2.28. The zero-order chi connectivity index (χ0) is 12.5. The molecule has 0 saturated carbocycles. The number of thiophene rings is 2. The van der Waals surface area contributed by atoms with E-state index in [1.807, 2.05) is 11.3 Å². The first-order valence-electron chi connectivity index (χ1n) is 5.89. The van der Waals surface area contributed by atoms with Crippen molar-refractivity contribution in [2.24, 2.45) is 10.7 Å². The van der Waals surface area contributed by atoms with Gasteiger partial charge < -0.3 is 10.6 Å². The van der Waals surface area contributed by atoms with Gasteiger partial charge in [-0.15, -0.1) is 22.7 Å². The normalized spacial score (nSPS) is 19.3. The smallest absolute Gasteiger partial charge is 0.192 e. The van der Waals surface area contributed by atoms with Crippen molar-refractivity contribution < 1.29 is 0 Å². The van der Waals surface area contributed by atoms with Gasteiger partial charge in [0.25, 0.3) is 0 Å². The first-order valence-corrected chi connectivity index (χ1v) is 7.59. The lowest BCUT2D eigenvalue weighted by atomic mass is 10.2. The summed E-state index contributed by atoms with van der Waals surface area (Å²) in [5.41, 5.74) is 6.02. The molecule has 1 aliphatic rings. The van der Waals surface area contributed by atoms with E-state index in [0.717, 1.165) is 13.1 Å². The van der Waals surface area contributed by atoms with Crippen molar-refractivity contribution in [1.82, 2.24) is 4.90 Å². The van der Waals surface area contributed by atoms with Crippen molar-refractivity contribution in [3.8, 4) is 0 Å². The molecule has 94 valence electrons. The van der Waals surface area contributed by atoms with Gasteiger partial charge in [-0.25, -0.2) is 0 Å². The van der Waals surface area contributed by atoms with E-state index in [9.17, 15) is 0 Å². The lowest BCUT2D eigenvalue weighted by Crippen LogP contribution is -2.35. The molecule has 1 unspecified atom stereocenters. The van der Waals surface area contributed by atoms with Gasteiger partial charge in [-0.3, -0.25) is 4.99 Å². The van der Waals surface area contributed by atoms with Crippen molar-refractivity contribution in [3.05, 3.63) is 44.3 Å². The van der Waals surface area contributed by atoms with Crippen LogP contribution in [0.1, 0.15) is 20.7 Å². The van der Waals surface area contributed by atoms with Gasteiger partial charge in [-0.2, -0.15) is 0 Å². The highest BCUT2D eigenvalue weighted by Crippen LogP contribution is 2.32. The van der Waals surface area contributed by atoms with E-state index in [2.05, 4.69) is 46.5 Å². The van der Waals surface area contributed by atoms with Crippen LogP contribution in [0.25, 0.3) is 0 Å². The van der Waals surface area contributed by atoms with Crippen molar-refractivity contribution >= 4 is 28.6 Å². The Labute approximate surface area is 115 Å². The minimum Gasteiger partial charge on any atom is -0.370 e. The van der Waals surface area contributed by atoms with Crippen LogP contribution < -0.4 is 5.73 Å². The molecule has 0 aliphatic carbocycles. The summed E-state index contributed by atoms with van der Waals surface area (Å²) in [5, 5.41) is 2.10. The molecule has 0 fully saturated rings. The molecule has 2 N–H and O–H groups in total. The van der Waals surface area contributed by atoms with Crippen LogP contribution in [-0.4, -0.2) is 17.4 Å². The Morgan fingerprint density at radius 2 is 2.33 bits per heavy atom. The number of guanidine groups is 1. The minimum atomic E-state index is 0.311. The fourth-order valence-electron chi connectivity index (χ4n) is 2.17. The van der Waals surface area contributed by atoms with E-state index < -0.39 is 0 Å². The van der Waals surface area contributed by atoms with Gasteiger partial charge in [-0.05, 0) is 30.5 Å². The summed E-state index contributed by atoms with van der Waals surface area (Å²) in [7, 11) is 0. The van der Waals surface area contributed by atoms with Gasteiger partial charge in [0.1, 0.15) is 0 Å². The molecule has 0 bridgehead atoms. The maximum Gasteiger partial charge on any atom is 0.192 e. The molecule has 0 spiro atoms. The van der Waals surface area contributed by atoms with E-state index in [0.29, 0.717) is 12.0 Å². The molecule has 3 nitrogen and oxygen atoms in total. The second-order valence-corrected chi connectivity index (χ2v) is 6.72. The number of nitrogens with two attached hydrogens (primary N) is 1. The largest absolute Gasteiger partial charge is 0.370 e. The Bertz CT molecular complexity index is 557. The molecule has 2 aromatic heterocycles. The number of rotatable bonds is 3. The minimum absolute atomic E-state index is 0.311. The summed E-state index contributed by atoms with van der Waals surface area (Å²) >= 11 is 3.60. The van der Waals surface area contributed by atoms with Gasteiger partial charge in [-0.1, -0.05) is 6.07 Å². The van der Waals surface area contributed by atoms with E-state index in [4.69, 9.17) is 5.73 Å². The average molecular weight is 277 g/mol. The van der Waals surface area contributed by atoms with Crippen molar-refractivity contribution in [2.75, 3.05) is 6.54 Å². The fraction of sp³-hybridized carbons (Fsp3) is 0.308. The van der Waals surface area contributed by atoms with E-state index in [1.54, 1.807) is 11.3 Å². The highest BCUT2D eigenvalue weighted by molar-refractivity contribution is 7.12. The molecule has 1 atom stereocenters. The Morgan fingerprint density at radius 1 is 1.44 bits per heavy atom. The summed E-state index contributed by atoms with van der Waals surface area (Å²) in [6, 6.07) is 8.89. The third-order valence-electron chi connectivity index (χ3n) is 3.09. The molecule has 0 radical (unpaired) electrons. The van der Waals surface area contributed by atoms with Crippen molar-refractivity contribution in [2.45, 2.75) is 19.5 Å². The molecule has 3 rings (SSSR count). The number of hydrogen-bond donors (Lipinski definition) is 1. The van der Waals surface area contributed by atoms with Gasteiger partial charge >= 0.3 is 0 Å².